The Hall–Kier alpha value is -3.07. The van der Waals surface area contributed by atoms with E-state index in [1.54, 1.807) is 19.3 Å². The number of furan rings is 1. The standard InChI is InChI=1S/C20H23N5O3S/c1-3-21-19(27)14(2)22-17(26)13-29-20-24-23-18(16-10-7-11-28-16)25(20)12-15-8-5-4-6-9-15/h4-11,14H,3,12-13H2,1-2H3,(H,21,27)(H,22,26)/t14-/m1/s1. The molecule has 1 atom stereocenters. The summed E-state index contributed by atoms with van der Waals surface area (Å²) in [7, 11) is 0. The zero-order valence-corrected chi connectivity index (χ0v) is 17.1. The second-order valence-electron chi connectivity index (χ2n) is 6.33. The van der Waals surface area contributed by atoms with Crippen molar-refractivity contribution < 1.29 is 14.0 Å². The van der Waals surface area contributed by atoms with E-state index in [-0.39, 0.29) is 17.6 Å². The molecule has 0 saturated heterocycles. The van der Waals surface area contributed by atoms with Gasteiger partial charge in [-0.15, -0.1) is 10.2 Å². The number of nitrogens with one attached hydrogen (secondary N) is 2. The van der Waals surface area contributed by atoms with Crippen molar-refractivity contribution >= 4 is 23.6 Å². The number of likely N-dealkylation sites (N-methyl/N-ethyl adjacent to an activating group) is 1. The molecule has 0 radical (unpaired) electrons. The third-order valence-corrected chi connectivity index (χ3v) is 5.06. The molecule has 1 aromatic carbocycles. The lowest BCUT2D eigenvalue weighted by atomic mass is 10.2. The molecule has 8 nitrogen and oxygen atoms in total. The summed E-state index contributed by atoms with van der Waals surface area (Å²) in [6, 6.07) is 12.9. The molecule has 2 amide bonds. The molecule has 3 aromatic rings. The van der Waals surface area contributed by atoms with E-state index < -0.39 is 6.04 Å². The molecule has 29 heavy (non-hydrogen) atoms. The second kappa shape index (κ2) is 9.92. The molecule has 0 aliphatic heterocycles. The van der Waals surface area contributed by atoms with Crippen molar-refractivity contribution in [3.63, 3.8) is 0 Å². The lowest BCUT2D eigenvalue weighted by molar-refractivity contribution is -0.127. The summed E-state index contributed by atoms with van der Waals surface area (Å²) in [5, 5.41) is 14.5. The van der Waals surface area contributed by atoms with Crippen LogP contribution in [0.5, 0.6) is 0 Å². The van der Waals surface area contributed by atoms with E-state index in [0.717, 1.165) is 5.56 Å². The van der Waals surface area contributed by atoms with Gasteiger partial charge in [0.25, 0.3) is 0 Å². The van der Waals surface area contributed by atoms with Gasteiger partial charge in [-0.25, -0.2) is 0 Å². The summed E-state index contributed by atoms with van der Waals surface area (Å²) in [5.41, 5.74) is 1.08. The highest BCUT2D eigenvalue weighted by atomic mass is 32.2. The van der Waals surface area contributed by atoms with Gasteiger partial charge < -0.3 is 15.1 Å². The van der Waals surface area contributed by atoms with E-state index in [2.05, 4.69) is 20.8 Å². The Kier molecular flexibility index (Phi) is 7.07. The van der Waals surface area contributed by atoms with Crippen molar-refractivity contribution in [1.29, 1.82) is 0 Å². The van der Waals surface area contributed by atoms with Gasteiger partial charge in [0.2, 0.25) is 17.6 Å². The summed E-state index contributed by atoms with van der Waals surface area (Å²) < 4.78 is 7.40. The first kappa shape index (κ1) is 20.7. The summed E-state index contributed by atoms with van der Waals surface area (Å²) >= 11 is 1.26. The highest BCUT2D eigenvalue weighted by molar-refractivity contribution is 7.99. The Morgan fingerprint density at radius 3 is 2.66 bits per heavy atom. The molecule has 0 aliphatic rings. The molecule has 2 heterocycles. The smallest absolute Gasteiger partial charge is 0.242 e. The molecule has 0 spiro atoms. The molecule has 2 N–H and O–H groups in total. The molecule has 152 valence electrons. The van der Waals surface area contributed by atoms with Crippen LogP contribution < -0.4 is 10.6 Å². The van der Waals surface area contributed by atoms with Gasteiger partial charge in [-0.1, -0.05) is 42.1 Å². The number of benzene rings is 1. The molecular weight excluding hydrogens is 390 g/mol. The zero-order valence-electron chi connectivity index (χ0n) is 16.3. The second-order valence-corrected chi connectivity index (χ2v) is 7.27. The summed E-state index contributed by atoms with van der Waals surface area (Å²) in [5.74, 6) is 0.863. The molecule has 0 bridgehead atoms. The lowest BCUT2D eigenvalue weighted by Crippen LogP contribution is -2.45. The van der Waals surface area contributed by atoms with Crippen molar-refractivity contribution in [2.24, 2.45) is 0 Å². The summed E-state index contributed by atoms with van der Waals surface area (Å²) in [4.78, 5) is 24.0. The van der Waals surface area contributed by atoms with E-state index in [1.165, 1.54) is 11.8 Å². The van der Waals surface area contributed by atoms with Crippen LogP contribution in [-0.2, 0) is 16.1 Å². The number of rotatable bonds is 9. The van der Waals surface area contributed by atoms with Crippen LogP contribution in [0.15, 0.2) is 58.3 Å². The average molecular weight is 414 g/mol. The number of amides is 2. The van der Waals surface area contributed by atoms with E-state index in [9.17, 15) is 9.59 Å². The predicted molar refractivity (Wildman–Crippen MR) is 110 cm³/mol. The third kappa shape index (κ3) is 5.47. The minimum absolute atomic E-state index is 0.120. The van der Waals surface area contributed by atoms with E-state index >= 15 is 0 Å². The Bertz CT molecular complexity index is 940. The number of thioether (sulfide) groups is 1. The van der Waals surface area contributed by atoms with Crippen LogP contribution >= 0.6 is 11.8 Å². The molecule has 0 unspecified atom stereocenters. The van der Waals surface area contributed by atoms with Crippen LogP contribution in [0.1, 0.15) is 19.4 Å². The molecular formula is C20H23N5O3S. The van der Waals surface area contributed by atoms with E-state index in [4.69, 9.17) is 4.42 Å². The molecule has 3 rings (SSSR count). The van der Waals surface area contributed by atoms with E-state index in [0.29, 0.717) is 29.8 Å². The van der Waals surface area contributed by atoms with Crippen LogP contribution in [0.2, 0.25) is 0 Å². The van der Waals surface area contributed by atoms with Crippen LogP contribution in [0.3, 0.4) is 0 Å². The van der Waals surface area contributed by atoms with Crippen molar-refractivity contribution in [3.05, 3.63) is 54.3 Å². The minimum atomic E-state index is -0.594. The van der Waals surface area contributed by atoms with Gasteiger partial charge in [-0.05, 0) is 31.5 Å². The largest absolute Gasteiger partial charge is 0.461 e. The molecule has 0 aliphatic carbocycles. The quantitative estimate of drug-likeness (QED) is 0.522. The molecule has 2 aromatic heterocycles. The fourth-order valence-electron chi connectivity index (χ4n) is 2.70. The summed E-state index contributed by atoms with van der Waals surface area (Å²) in [6.45, 7) is 4.55. The first-order chi connectivity index (χ1) is 14.1. The fraction of sp³-hybridized carbons (Fsp3) is 0.300. The minimum Gasteiger partial charge on any atom is -0.461 e. The number of carbonyl (C=O) groups excluding carboxylic acids is 2. The highest BCUT2D eigenvalue weighted by Gasteiger charge is 2.19. The van der Waals surface area contributed by atoms with Gasteiger partial charge in [-0.3, -0.25) is 14.2 Å². The number of hydrogen-bond acceptors (Lipinski definition) is 6. The first-order valence-electron chi connectivity index (χ1n) is 9.29. The van der Waals surface area contributed by atoms with Gasteiger partial charge in [-0.2, -0.15) is 0 Å². The maximum atomic E-state index is 12.3. The lowest BCUT2D eigenvalue weighted by Gasteiger charge is -2.13. The van der Waals surface area contributed by atoms with Crippen LogP contribution in [0, 0.1) is 0 Å². The van der Waals surface area contributed by atoms with Gasteiger partial charge in [0.05, 0.1) is 18.6 Å². The Labute approximate surface area is 173 Å². The summed E-state index contributed by atoms with van der Waals surface area (Å²) in [6.07, 6.45) is 1.58. The van der Waals surface area contributed by atoms with Gasteiger partial charge >= 0.3 is 0 Å². The topological polar surface area (TPSA) is 102 Å². The Morgan fingerprint density at radius 1 is 1.17 bits per heavy atom. The SMILES string of the molecule is CCNC(=O)[C@@H](C)NC(=O)CSc1nnc(-c2ccco2)n1Cc1ccccc1. The van der Waals surface area contributed by atoms with Crippen molar-refractivity contribution in [1.82, 2.24) is 25.4 Å². The molecule has 9 heteroatoms. The average Bonchev–Trinajstić information content (AvgIpc) is 3.37. The molecule has 0 fully saturated rings. The monoisotopic (exact) mass is 413 g/mol. The van der Waals surface area contributed by atoms with Gasteiger partial charge in [0.15, 0.2) is 10.9 Å². The Morgan fingerprint density at radius 2 is 1.97 bits per heavy atom. The maximum absolute atomic E-state index is 12.3. The maximum Gasteiger partial charge on any atom is 0.242 e. The predicted octanol–water partition coefficient (Wildman–Crippen LogP) is 2.32. The molecule has 0 saturated carbocycles. The van der Waals surface area contributed by atoms with Crippen LogP contribution in [-0.4, -0.2) is 44.9 Å². The van der Waals surface area contributed by atoms with Crippen molar-refractivity contribution in [3.8, 4) is 11.6 Å². The van der Waals surface area contributed by atoms with Crippen LogP contribution in [0.25, 0.3) is 11.6 Å². The first-order valence-corrected chi connectivity index (χ1v) is 10.3. The van der Waals surface area contributed by atoms with E-state index in [1.807, 2.05) is 47.9 Å². The normalized spacial score (nSPS) is 11.8. The van der Waals surface area contributed by atoms with Crippen molar-refractivity contribution in [2.45, 2.75) is 31.6 Å². The number of carbonyl (C=O) groups is 2. The fourth-order valence-corrected chi connectivity index (χ4v) is 3.45. The van der Waals surface area contributed by atoms with Gasteiger partial charge in [0.1, 0.15) is 6.04 Å². The van der Waals surface area contributed by atoms with Gasteiger partial charge in [0, 0.05) is 6.54 Å². The number of aromatic nitrogens is 3. The number of hydrogen-bond donors (Lipinski definition) is 2. The Balaban J connectivity index is 1.72. The van der Waals surface area contributed by atoms with Crippen LogP contribution in [0.4, 0.5) is 0 Å². The third-order valence-electron chi connectivity index (χ3n) is 4.10. The number of nitrogens with zero attached hydrogens (tertiary/aromatic N) is 3. The van der Waals surface area contributed by atoms with Crippen molar-refractivity contribution in [2.75, 3.05) is 12.3 Å². The zero-order chi connectivity index (χ0) is 20.6. The highest BCUT2D eigenvalue weighted by Crippen LogP contribution is 2.25.